The largest absolute Gasteiger partial charge is 0.465 e. The van der Waals surface area contributed by atoms with E-state index in [1.165, 1.54) is 0 Å². The summed E-state index contributed by atoms with van der Waals surface area (Å²) in [6.07, 6.45) is 0.498. The lowest BCUT2D eigenvalue weighted by Crippen LogP contribution is -2.27. The summed E-state index contributed by atoms with van der Waals surface area (Å²) in [7, 11) is 0. The predicted molar refractivity (Wildman–Crippen MR) is 52.1 cm³/mol. The number of amides is 2. The van der Waals surface area contributed by atoms with Gasteiger partial charge in [-0.25, -0.2) is 4.79 Å². The van der Waals surface area contributed by atoms with Gasteiger partial charge in [-0.1, -0.05) is 15.9 Å². The van der Waals surface area contributed by atoms with E-state index < -0.39 is 6.09 Å². The number of halogens is 1. The van der Waals surface area contributed by atoms with Crippen molar-refractivity contribution < 1.29 is 14.7 Å². The minimum Gasteiger partial charge on any atom is -0.465 e. The number of carbonyl (C=O) groups is 2. The third kappa shape index (κ3) is 9.13. The summed E-state index contributed by atoms with van der Waals surface area (Å²) in [6, 6.07) is 0. The molecule has 0 unspecified atom stereocenters. The molecule has 13 heavy (non-hydrogen) atoms. The van der Waals surface area contributed by atoms with Crippen molar-refractivity contribution >= 4 is 27.9 Å². The molecule has 0 radical (unpaired) electrons. The van der Waals surface area contributed by atoms with Crippen LogP contribution in [-0.4, -0.2) is 35.5 Å². The molecule has 0 aliphatic heterocycles. The van der Waals surface area contributed by atoms with E-state index >= 15 is 0 Å². The molecular formula is C7H13BrN2O3. The Morgan fingerprint density at radius 1 is 1.15 bits per heavy atom. The fraction of sp³-hybridized carbons (Fsp3) is 0.714. The molecular weight excluding hydrogens is 240 g/mol. The van der Waals surface area contributed by atoms with Crippen LogP contribution in [0.15, 0.2) is 0 Å². The summed E-state index contributed by atoms with van der Waals surface area (Å²) in [5, 5.41) is 13.4. The van der Waals surface area contributed by atoms with Crippen LogP contribution < -0.4 is 10.6 Å². The topological polar surface area (TPSA) is 78.4 Å². The van der Waals surface area contributed by atoms with Crippen LogP contribution in [0.1, 0.15) is 12.8 Å². The van der Waals surface area contributed by atoms with E-state index in [1.807, 2.05) is 0 Å². The molecule has 2 amide bonds. The lowest BCUT2D eigenvalue weighted by atomic mass is 10.3. The smallest absolute Gasteiger partial charge is 0.404 e. The number of rotatable bonds is 6. The average Bonchev–Trinajstić information content (AvgIpc) is 2.10. The van der Waals surface area contributed by atoms with Crippen LogP contribution in [0.25, 0.3) is 0 Å². The lowest BCUT2D eigenvalue weighted by molar-refractivity contribution is -0.118. The molecule has 0 aliphatic carbocycles. The molecule has 0 aromatic rings. The molecule has 6 heteroatoms. The quantitative estimate of drug-likeness (QED) is 0.477. The maximum atomic E-state index is 10.7. The van der Waals surface area contributed by atoms with Crippen molar-refractivity contribution in [3.05, 3.63) is 0 Å². The van der Waals surface area contributed by atoms with E-state index in [-0.39, 0.29) is 5.91 Å². The highest BCUT2D eigenvalue weighted by molar-refractivity contribution is 9.09. The molecule has 5 nitrogen and oxygen atoms in total. The zero-order valence-electron chi connectivity index (χ0n) is 7.18. The third-order valence-electron chi connectivity index (χ3n) is 1.32. The zero-order chi connectivity index (χ0) is 10.1. The van der Waals surface area contributed by atoms with Crippen LogP contribution in [0.2, 0.25) is 0 Å². The first-order valence-electron chi connectivity index (χ1n) is 3.96. The SMILES string of the molecule is O=C(O)NCCCCNC(=O)CBr. The first-order valence-corrected chi connectivity index (χ1v) is 5.08. The van der Waals surface area contributed by atoms with Gasteiger partial charge >= 0.3 is 6.09 Å². The van der Waals surface area contributed by atoms with Gasteiger partial charge in [0.25, 0.3) is 0 Å². The van der Waals surface area contributed by atoms with Gasteiger partial charge in [-0.3, -0.25) is 4.79 Å². The summed E-state index contributed by atoms with van der Waals surface area (Å²) >= 11 is 3.01. The maximum Gasteiger partial charge on any atom is 0.404 e. The summed E-state index contributed by atoms with van der Waals surface area (Å²) in [5.74, 6) is -0.0498. The number of unbranched alkanes of at least 4 members (excludes halogenated alkanes) is 1. The Hall–Kier alpha value is -0.780. The molecule has 0 saturated heterocycles. The Balaban J connectivity index is 3.08. The highest BCUT2D eigenvalue weighted by Gasteiger charge is 1.96. The Morgan fingerprint density at radius 2 is 1.69 bits per heavy atom. The standard InChI is InChI=1S/C7H13BrN2O3/c8-5-6(11)9-3-1-2-4-10-7(12)13/h10H,1-5H2,(H,9,11)(H,12,13). The summed E-state index contributed by atoms with van der Waals surface area (Å²) in [6.45, 7) is 1.02. The molecule has 76 valence electrons. The summed E-state index contributed by atoms with van der Waals surface area (Å²) < 4.78 is 0. The molecule has 0 fully saturated rings. The molecule has 0 atom stereocenters. The van der Waals surface area contributed by atoms with Crippen molar-refractivity contribution in [2.75, 3.05) is 18.4 Å². The Bertz CT molecular complexity index is 175. The van der Waals surface area contributed by atoms with Crippen molar-refractivity contribution in [3.8, 4) is 0 Å². The highest BCUT2D eigenvalue weighted by atomic mass is 79.9. The molecule has 0 aromatic heterocycles. The highest BCUT2D eigenvalue weighted by Crippen LogP contribution is 1.85. The predicted octanol–water partition coefficient (Wildman–Crippen LogP) is 0.545. The minimum atomic E-state index is -1.01. The molecule has 0 bridgehead atoms. The van der Waals surface area contributed by atoms with Crippen LogP contribution >= 0.6 is 15.9 Å². The lowest BCUT2D eigenvalue weighted by Gasteiger charge is -2.02. The molecule has 0 rings (SSSR count). The first-order chi connectivity index (χ1) is 6.16. The normalized spacial score (nSPS) is 9.31. The molecule has 3 N–H and O–H groups in total. The third-order valence-corrected chi connectivity index (χ3v) is 1.83. The summed E-state index contributed by atoms with van der Waals surface area (Å²) in [5.41, 5.74) is 0. The van der Waals surface area contributed by atoms with E-state index in [9.17, 15) is 9.59 Å². The number of hydrogen-bond donors (Lipinski definition) is 3. The second-order valence-corrected chi connectivity index (χ2v) is 2.98. The number of carboxylic acid groups (broad SMARTS) is 1. The van der Waals surface area contributed by atoms with Gasteiger partial charge in [-0.05, 0) is 12.8 Å². The molecule has 0 aromatic carbocycles. The second kappa shape index (κ2) is 7.85. The van der Waals surface area contributed by atoms with E-state index in [4.69, 9.17) is 5.11 Å². The van der Waals surface area contributed by atoms with Gasteiger partial charge in [0.2, 0.25) is 5.91 Å². The van der Waals surface area contributed by atoms with Gasteiger partial charge in [0, 0.05) is 13.1 Å². The number of hydrogen-bond acceptors (Lipinski definition) is 2. The maximum absolute atomic E-state index is 10.7. The average molecular weight is 253 g/mol. The van der Waals surface area contributed by atoms with E-state index in [0.717, 1.165) is 12.8 Å². The van der Waals surface area contributed by atoms with Crippen LogP contribution in [0.3, 0.4) is 0 Å². The van der Waals surface area contributed by atoms with Crippen molar-refractivity contribution in [1.82, 2.24) is 10.6 Å². The van der Waals surface area contributed by atoms with Crippen LogP contribution in [-0.2, 0) is 4.79 Å². The van der Waals surface area contributed by atoms with Crippen LogP contribution in [0.5, 0.6) is 0 Å². The van der Waals surface area contributed by atoms with Crippen LogP contribution in [0, 0.1) is 0 Å². The van der Waals surface area contributed by atoms with Crippen molar-refractivity contribution in [2.24, 2.45) is 0 Å². The van der Waals surface area contributed by atoms with Crippen LogP contribution in [0.4, 0.5) is 4.79 Å². The molecule has 0 aliphatic rings. The van der Waals surface area contributed by atoms with Gasteiger partial charge in [0.05, 0.1) is 5.33 Å². The monoisotopic (exact) mass is 252 g/mol. The van der Waals surface area contributed by atoms with Gasteiger partial charge in [-0.2, -0.15) is 0 Å². The van der Waals surface area contributed by atoms with E-state index in [1.54, 1.807) is 0 Å². The van der Waals surface area contributed by atoms with E-state index in [0.29, 0.717) is 18.4 Å². The summed E-state index contributed by atoms with van der Waals surface area (Å²) in [4.78, 5) is 20.7. The van der Waals surface area contributed by atoms with Crippen molar-refractivity contribution in [1.29, 1.82) is 0 Å². The van der Waals surface area contributed by atoms with E-state index in [2.05, 4.69) is 26.6 Å². The molecule has 0 saturated carbocycles. The van der Waals surface area contributed by atoms with Gasteiger partial charge < -0.3 is 15.7 Å². The number of carbonyl (C=O) groups excluding carboxylic acids is 1. The fourth-order valence-corrected chi connectivity index (χ4v) is 0.919. The van der Waals surface area contributed by atoms with Crippen molar-refractivity contribution in [3.63, 3.8) is 0 Å². The second-order valence-electron chi connectivity index (χ2n) is 2.42. The zero-order valence-corrected chi connectivity index (χ0v) is 8.76. The number of alkyl halides is 1. The first kappa shape index (κ1) is 12.2. The number of nitrogens with one attached hydrogen (secondary N) is 2. The molecule has 0 spiro atoms. The Kier molecular flexibility index (Phi) is 7.38. The Labute approximate surface area is 85.0 Å². The molecule has 0 heterocycles. The Morgan fingerprint density at radius 3 is 2.15 bits per heavy atom. The minimum absolute atomic E-state index is 0.0498. The van der Waals surface area contributed by atoms with Gasteiger partial charge in [0.15, 0.2) is 0 Å². The van der Waals surface area contributed by atoms with Gasteiger partial charge in [0.1, 0.15) is 0 Å². The van der Waals surface area contributed by atoms with Crippen molar-refractivity contribution in [2.45, 2.75) is 12.8 Å². The van der Waals surface area contributed by atoms with Gasteiger partial charge in [-0.15, -0.1) is 0 Å². The fourth-order valence-electron chi connectivity index (χ4n) is 0.720.